The van der Waals surface area contributed by atoms with Gasteiger partial charge in [0.05, 0.1) is 11.8 Å². The summed E-state index contributed by atoms with van der Waals surface area (Å²) in [6, 6.07) is 0. The lowest BCUT2D eigenvalue weighted by Crippen LogP contribution is -2.34. The number of unbranched alkanes of at least 4 members (excludes halogenated alkanes) is 1. The van der Waals surface area contributed by atoms with E-state index in [2.05, 4.69) is 13.8 Å². The maximum atomic E-state index is 12.3. The van der Waals surface area contributed by atoms with Gasteiger partial charge in [0.25, 0.3) is 0 Å². The minimum Gasteiger partial charge on any atom is -0.481 e. The maximum absolute atomic E-state index is 12.3. The Balaban J connectivity index is 2.46. The van der Waals surface area contributed by atoms with Gasteiger partial charge in [-0.2, -0.15) is 0 Å². The first-order chi connectivity index (χ1) is 10.5. The molecule has 0 spiro atoms. The summed E-state index contributed by atoms with van der Waals surface area (Å²) in [6.45, 7) is 6.43. The molecule has 0 amide bonds. The molecule has 0 saturated carbocycles. The van der Waals surface area contributed by atoms with Gasteiger partial charge in [0.1, 0.15) is 6.10 Å². The van der Waals surface area contributed by atoms with Crippen LogP contribution in [0.2, 0.25) is 0 Å². The van der Waals surface area contributed by atoms with E-state index in [9.17, 15) is 14.7 Å². The first-order valence-corrected chi connectivity index (χ1v) is 8.54. The zero-order chi connectivity index (χ0) is 16.5. The minimum atomic E-state index is -0.906. The number of hydrogen-bond acceptors (Lipinski definition) is 3. The van der Waals surface area contributed by atoms with Crippen molar-refractivity contribution in [3.63, 3.8) is 0 Å². The van der Waals surface area contributed by atoms with E-state index in [-0.39, 0.29) is 12.1 Å². The Morgan fingerprint density at radius 1 is 1.14 bits per heavy atom. The number of ether oxygens (including phenoxy) is 1. The van der Waals surface area contributed by atoms with Crippen molar-refractivity contribution in [3.05, 3.63) is 12.2 Å². The molecule has 126 valence electrons. The third kappa shape index (κ3) is 6.20. The Labute approximate surface area is 133 Å². The highest BCUT2D eigenvalue weighted by Gasteiger charge is 2.35. The molecule has 0 heterocycles. The largest absolute Gasteiger partial charge is 0.481 e. The van der Waals surface area contributed by atoms with Gasteiger partial charge in [-0.15, -0.1) is 0 Å². The Bertz CT molecular complexity index is 387. The predicted octanol–water partition coefficient (Wildman–Crippen LogP) is 4.19. The van der Waals surface area contributed by atoms with Crippen molar-refractivity contribution in [2.45, 2.75) is 71.8 Å². The number of carboxylic acid groups (broad SMARTS) is 1. The van der Waals surface area contributed by atoms with E-state index >= 15 is 0 Å². The average Bonchev–Trinajstić information content (AvgIpc) is 2.49. The molecule has 3 atom stereocenters. The zero-order valence-electron chi connectivity index (χ0n) is 14.1. The quantitative estimate of drug-likeness (QED) is 0.394. The molecular weight excluding hydrogens is 280 g/mol. The van der Waals surface area contributed by atoms with E-state index in [1.807, 2.05) is 19.1 Å². The van der Waals surface area contributed by atoms with Gasteiger partial charge in [-0.05, 0) is 38.0 Å². The SMILES string of the molecule is CCC(CCCCC(C)C)OC(=O)C1CC=CCC1C(=O)O. The average molecular weight is 310 g/mol. The monoisotopic (exact) mass is 310 g/mol. The van der Waals surface area contributed by atoms with Crippen LogP contribution in [0.1, 0.15) is 65.7 Å². The van der Waals surface area contributed by atoms with Crippen molar-refractivity contribution in [1.29, 1.82) is 0 Å². The van der Waals surface area contributed by atoms with Gasteiger partial charge in [0, 0.05) is 0 Å². The Morgan fingerprint density at radius 2 is 1.73 bits per heavy atom. The molecule has 0 aliphatic heterocycles. The Kier molecular flexibility index (Phi) is 8.21. The lowest BCUT2D eigenvalue weighted by atomic mass is 9.83. The van der Waals surface area contributed by atoms with Crippen LogP contribution in [0.4, 0.5) is 0 Å². The fourth-order valence-electron chi connectivity index (χ4n) is 2.87. The zero-order valence-corrected chi connectivity index (χ0v) is 14.1. The second-order valence-electron chi connectivity index (χ2n) is 6.64. The van der Waals surface area contributed by atoms with Crippen LogP contribution in [0, 0.1) is 17.8 Å². The smallest absolute Gasteiger partial charge is 0.310 e. The van der Waals surface area contributed by atoms with Gasteiger partial charge in [-0.1, -0.05) is 45.8 Å². The van der Waals surface area contributed by atoms with Gasteiger partial charge < -0.3 is 9.84 Å². The predicted molar refractivity (Wildman–Crippen MR) is 86.5 cm³/mol. The van der Waals surface area contributed by atoms with Crippen LogP contribution in [0.3, 0.4) is 0 Å². The molecule has 4 heteroatoms. The van der Waals surface area contributed by atoms with Crippen molar-refractivity contribution in [2.24, 2.45) is 17.8 Å². The van der Waals surface area contributed by atoms with Gasteiger partial charge in [0.15, 0.2) is 0 Å². The normalized spacial score (nSPS) is 22.5. The number of carbonyl (C=O) groups is 2. The highest BCUT2D eigenvalue weighted by molar-refractivity contribution is 5.81. The van der Waals surface area contributed by atoms with Crippen LogP contribution in [-0.4, -0.2) is 23.1 Å². The number of hydrogen-bond donors (Lipinski definition) is 1. The first-order valence-electron chi connectivity index (χ1n) is 8.54. The van der Waals surface area contributed by atoms with E-state index in [1.165, 1.54) is 6.42 Å². The molecular formula is C18H30O4. The Hall–Kier alpha value is -1.32. The fraction of sp³-hybridized carbons (Fsp3) is 0.778. The van der Waals surface area contributed by atoms with Crippen molar-refractivity contribution in [2.75, 3.05) is 0 Å². The molecule has 0 bridgehead atoms. The molecule has 0 saturated heterocycles. The van der Waals surface area contributed by atoms with Crippen LogP contribution in [0.15, 0.2) is 12.2 Å². The van der Waals surface area contributed by atoms with Gasteiger partial charge >= 0.3 is 11.9 Å². The number of aliphatic carboxylic acids is 1. The van der Waals surface area contributed by atoms with E-state index in [0.717, 1.165) is 25.7 Å². The lowest BCUT2D eigenvalue weighted by Gasteiger charge is -2.26. The van der Waals surface area contributed by atoms with Crippen LogP contribution in [0.25, 0.3) is 0 Å². The van der Waals surface area contributed by atoms with Gasteiger partial charge in [-0.3, -0.25) is 9.59 Å². The number of rotatable bonds is 9. The second-order valence-corrected chi connectivity index (χ2v) is 6.64. The van der Waals surface area contributed by atoms with E-state index in [1.54, 1.807) is 0 Å². The van der Waals surface area contributed by atoms with E-state index in [0.29, 0.717) is 18.8 Å². The molecule has 1 aliphatic carbocycles. The highest BCUT2D eigenvalue weighted by atomic mass is 16.5. The summed E-state index contributed by atoms with van der Waals surface area (Å²) in [5.74, 6) is -1.72. The van der Waals surface area contributed by atoms with Crippen molar-refractivity contribution >= 4 is 11.9 Å². The number of carbonyl (C=O) groups excluding carboxylic acids is 1. The first kappa shape index (κ1) is 18.7. The molecule has 0 aromatic heterocycles. The molecule has 0 fully saturated rings. The third-order valence-corrected chi connectivity index (χ3v) is 4.35. The van der Waals surface area contributed by atoms with Gasteiger partial charge in [0.2, 0.25) is 0 Å². The van der Waals surface area contributed by atoms with Crippen LogP contribution in [0.5, 0.6) is 0 Å². The minimum absolute atomic E-state index is 0.0833. The molecule has 4 nitrogen and oxygen atoms in total. The summed E-state index contributed by atoms with van der Waals surface area (Å²) in [5, 5.41) is 9.23. The summed E-state index contributed by atoms with van der Waals surface area (Å²) in [4.78, 5) is 23.6. The molecule has 1 N–H and O–H groups in total. The van der Waals surface area contributed by atoms with E-state index < -0.39 is 17.8 Å². The van der Waals surface area contributed by atoms with Crippen molar-refractivity contribution < 1.29 is 19.4 Å². The second kappa shape index (κ2) is 9.65. The highest BCUT2D eigenvalue weighted by Crippen LogP contribution is 2.28. The summed E-state index contributed by atoms with van der Waals surface area (Å²) >= 11 is 0. The number of carboxylic acids is 1. The standard InChI is InChI=1S/C18H30O4/c1-4-14(10-6-5-9-13(2)3)22-18(21)16-12-8-7-11-15(16)17(19)20/h7-8,13-16H,4-6,9-12H2,1-3H3,(H,19,20). The van der Waals surface area contributed by atoms with Crippen LogP contribution < -0.4 is 0 Å². The third-order valence-electron chi connectivity index (χ3n) is 4.35. The van der Waals surface area contributed by atoms with Crippen LogP contribution >= 0.6 is 0 Å². The molecule has 3 unspecified atom stereocenters. The number of allylic oxidation sites excluding steroid dienone is 2. The van der Waals surface area contributed by atoms with E-state index in [4.69, 9.17) is 4.74 Å². The summed E-state index contributed by atoms with van der Waals surface area (Å²) < 4.78 is 5.59. The Morgan fingerprint density at radius 3 is 2.27 bits per heavy atom. The van der Waals surface area contributed by atoms with Crippen molar-refractivity contribution in [1.82, 2.24) is 0 Å². The molecule has 0 aromatic rings. The molecule has 22 heavy (non-hydrogen) atoms. The molecule has 0 aromatic carbocycles. The topological polar surface area (TPSA) is 63.6 Å². The summed E-state index contributed by atoms with van der Waals surface area (Å²) in [6.07, 6.45) is 9.58. The fourth-order valence-corrected chi connectivity index (χ4v) is 2.87. The van der Waals surface area contributed by atoms with Crippen LogP contribution in [-0.2, 0) is 14.3 Å². The number of esters is 1. The van der Waals surface area contributed by atoms with Gasteiger partial charge in [-0.25, -0.2) is 0 Å². The lowest BCUT2D eigenvalue weighted by molar-refractivity contribution is -0.162. The molecule has 1 rings (SSSR count). The molecule has 0 radical (unpaired) electrons. The maximum Gasteiger partial charge on any atom is 0.310 e. The van der Waals surface area contributed by atoms with Crippen molar-refractivity contribution in [3.8, 4) is 0 Å². The molecule has 1 aliphatic rings. The summed E-state index contributed by atoms with van der Waals surface area (Å²) in [7, 11) is 0. The summed E-state index contributed by atoms with van der Waals surface area (Å²) in [5.41, 5.74) is 0.